The Balaban J connectivity index is 1.74. The van der Waals surface area contributed by atoms with Gasteiger partial charge < -0.3 is 4.90 Å². The number of rotatable bonds is 6. The Bertz CT molecular complexity index is 1110. The van der Waals surface area contributed by atoms with Crippen molar-refractivity contribution in [3.05, 3.63) is 94.5 Å². The molecule has 0 aliphatic rings. The van der Waals surface area contributed by atoms with Crippen LogP contribution in [0.4, 0.5) is 5.69 Å². The van der Waals surface area contributed by atoms with Gasteiger partial charge in [0.05, 0.1) is 15.6 Å². The van der Waals surface area contributed by atoms with Gasteiger partial charge in [-0.15, -0.1) is 0 Å². The summed E-state index contributed by atoms with van der Waals surface area (Å²) in [4.78, 5) is 14.4. The maximum Gasteiger partial charge on any atom is 0.261 e. The Morgan fingerprint density at radius 2 is 1.66 bits per heavy atom. The first-order chi connectivity index (χ1) is 13.8. The topological polar surface area (TPSA) is 66.5 Å². The highest BCUT2D eigenvalue weighted by Crippen LogP contribution is 2.26. The molecule has 5 nitrogen and oxygen atoms in total. The lowest BCUT2D eigenvalue weighted by Crippen LogP contribution is -2.26. The molecule has 0 saturated heterocycles. The number of amides is 1. The predicted molar refractivity (Wildman–Crippen MR) is 116 cm³/mol. The van der Waals surface area contributed by atoms with Gasteiger partial charge in [0, 0.05) is 19.2 Å². The van der Waals surface area contributed by atoms with E-state index in [1.54, 1.807) is 36.2 Å². The summed E-state index contributed by atoms with van der Waals surface area (Å²) in [6, 6.07) is 20.5. The quantitative estimate of drug-likeness (QED) is 0.617. The lowest BCUT2D eigenvalue weighted by atomic mass is 10.1. The number of benzene rings is 3. The SMILES string of the molecule is Cc1ccc(CN(C)C(=O)c2ccc(NS(=O)(=O)c3ccccc3)c(Cl)c2)cc1. The summed E-state index contributed by atoms with van der Waals surface area (Å²) < 4.78 is 27.4. The predicted octanol–water partition coefficient (Wildman–Crippen LogP) is 4.72. The molecule has 1 amide bonds. The molecule has 0 atom stereocenters. The number of carbonyl (C=O) groups excluding carboxylic acids is 1. The molecule has 7 heteroatoms. The van der Waals surface area contributed by atoms with Gasteiger partial charge in [-0.3, -0.25) is 9.52 Å². The van der Waals surface area contributed by atoms with Crippen LogP contribution in [-0.2, 0) is 16.6 Å². The van der Waals surface area contributed by atoms with Gasteiger partial charge in [-0.25, -0.2) is 8.42 Å². The zero-order chi connectivity index (χ0) is 21.0. The second-order valence-corrected chi connectivity index (χ2v) is 8.85. The summed E-state index contributed by atoms with van der Waals surface area (Å²) >= 11 is 6.25. The second-order valence-electron chi connectivity index (χ2n) is 6.76. The molecule has 0 heterocycles. The fraction of sp³-hybridized carbons (Fsp3) is 0.136. The molecule has 1 N–H and O–H groups in total. The number of hydrogen-bond donors (Lipinski definition) is 1. The summed E-state index contributed by atoms with van der Waals surface area (Å²) in [5.74, 6) is -0.204. The first-order valence-corrected chi connectivity index (χ1v) is 10.8. The average Bonchev–Trinajstić information content (AvgIpc) is 2.71. The second kappa shape index (κ2) is 8.68. The number of halogens is 1. The molecule has 0 aliphatic heterocycles. The highest BCUT2D eigenvalue weighted by molar-refractivity contribution is 7.92. The zero-order valence-corrected chi connectivity index (χ0v) is 17.7. The molecular weight excluding hydrogens is 408 g/mol. The van der Waals surface area contributed by atoms with E-state index < -0.39 is 10.0 Å². The molecule has 150 valence electrons. The van der Waals surface area contributed by atoms with Crippen LogP contribution in [0.3, 0.4) is 0 Å². The molecule has 0 radical (unpaired) electrons. The minimum atomic E-state index is -3.76. The minimum Gasteiger partial charge on any atom is -0.337 e. The number of nitrogens with zero attached hydrogens (tertiary/aromatic N) is 1. The minimum absolute atomic E-state index is 0.133. The summed E-state index contributed by atoms with van der Waals surface area (Å²) in [5, 5.41) is 0.152. The molecule has 0 spiro atoms. The lowest BCUT2D eigenvalue weighted by Gasteiger charge is -2.18. The van der Waals surface area contributed by atoms with Gasteiger partial charge in [-0.2, -0.15) is 0 Å². The normalized spacial score (nSPS) is 11.1. The molecule has 0 bridgehead atoms. The highest BCUT2D eigenvalue weighted by atomic mass is 35.5. The summed E-state index contributed by atoms with van der Waals surface area (Å²) in [5.41, 5.74) is 2.77. The molecule has 0 aliphatic carbocycles. The number of nitrogens with one attached hydrogen (secondary N) is 1. The Morgan fingerprint density at radius 1 is 1.00 bits per heavy atom. The van der Waals surface area contributed by atoms with Gasteiger partial charge in [0.25, 0.3) is 15.9 Å². The molecule has 0 fully saturated rings. The number of anilines is 1. The van der Waals surface area contributed by atoms with E-state index >= 15 is 0 Å². The van der Waals surface area contributed by atoms with Gasteiger partial charge in [0.15, 0.2) is 0 Å². The van der Waals surface area contributed by atoms with Crippen molar-refractivity contribution in [2.45, 2.75) is 18.4 Å². The van der Waals surface area contributed by atoms with Crippen LogP contribution in [0.1, 0.15) is 21.5 Å². The molecule has 3 rings (SSSR count). The van der Waals surface area contributed by atoms with Crippen LogP contribution in [0.25, 0.3) is 0 Å². The Morgan fingerprint density at radius 3 is 2.28 bits per heavy atom. The van der Waals surface area contributed by atoms with Crippen molar-refractivity contribution in [2.75, 3.05) is 11.8 Å². The molecular formula is C22H21ClN2O3S. The smallest absolute Gasteiger partial charge is 0.261 e. The van der Waals surface area contributed by atoms with Gasteiger partial charge in [0.2, 0.25) is 0 Å². The van der Waals surface area contributed by atoms with Crippen LogP contribution in [-0.4, -0.2) is 26.3 Å². The van der Waals surface area contributed by atoms with Gasteiger partial charge >= 0.3 is 0 Å². The molecule has 0 unspecified atom stereocenters. The summed E-state index contributed by atoms with van der Waals surface area (Å²) in [7, 11) is -2.05. The van der Waals surface area contributed by atoms with E-state index in [9.17, 15) is 13.2 Å². The third-order valence-electron chi connectivity index (χ3n) is 4.40. The maximum absolute atomic E-state index is 12.7. The number of carbonyl (C=O) groups is 1. The summed E-state index contributed by atoms with van der Waals surface area (Å²) in [6.07, 6.45) is 0. The van der Waals surface area contributed by atoms with E-state index in [0.29, 0.717) is 12.1 Å². The largest absolute Gasteiger partial charge is 0.337 e. The van der Waals surface area contributed by atoms with E-state index in [-0.39, 0.29) is 21.5 Å². The maximum atomic E-state index is 12.7. The Labute approximate surface area is 176 Å². The first-order valence-electron chi connectivity index (χ1n) is 8.95. The standard InChI is InChI=1S/C22H21ClN2O3S/c1-16-8-10-17(11-9-16)15-25(2)22(26)18-12-13-21(20(23)14-18)24-29(27,28)19-6-4-3-5-7-19/h3-14,24H,15H2,1-2H3. The Hall–Kier alpha value is -2.83. The van der Waals surface area contributed by atoms with E-state index in [0.717, 1.165) is 11.1 Å². The monoisotopic (exact) mass is 428 g/mol. The fourth-order valence-electron chi connectivity index (χ4n) is 2.79. The van der Waals surface area contributed by atoms with Crippen LogP contribution in [0.2, 0.25) is 5.02 Å². The van der Waals surface area contributed by atoms with Crippen LogP contribution >= 0.6 is 11.6 Å². The third-order valence-corrected chi connectivity index (χ3v) is 6.10. The van der Waals surface area contributed by atoms with Crippen LogP contribution < -0.4 is 4.72 Å². The van der Waals surface area contributed by atoms with Crippen LogP contribution in [0.15, 0.2) is 77.7 Å². The third kappa shape index (κ3) is 5.16. The van der Waals surface area contributed by atoms with E-state index in [1.165, 1.54) is 24.3 Å². The molecule has 0 aromatic heterocycles. The van der Waals surface area contributed by atoms with Crippen molar-refractivity contribution < 1.29 is 13.2 Å². The van der Waals surface area contributed by atoms with E-state index in [1.807, 2.05) is 31.2 Å². The number of sulfonamides is 1. The van der Waals surface area contributed by atoms with Crippen molar-refractivity contribution in [3.63, 3.8) is 0 Å². The molecule has 3 aromatic carbocycles. The van der Waals surface area contributed by atoms with Crippen molar-refractivity contribution in [1.82, 2.24) is 4.90 Å². The zero-order valence-electron chi connectivity index (χ0n) is 16.1. The van der Waals surface area contributed by atoms with Gasteiger partial charge in [-0.1, -0.05) is 59.6 Å². The van der Waals surface area contributed by atoms with Crippen LogP contribution in [0, 0.1) is 6.92 Å². The first kappa shape index (κ1) is 20.9. The van der Waals surface area contributed by atoms with Crippen molar-refractivity contribution in [2.24, 2.45) is 0 Å². The Kier molecular flexibility index (Phi) is 6.25. The van der Waals surface area contributed by atoms with Crippen molar-refractivity contribution in [3.8, 4) is 0 Å². The number of hydrogen-bond acceptors (Lipinski definition) is 3. The molecule has 3 aromatic rings. The van der Waals surface area contributed by atoms with Crippen molar-refractivity contribution in [1.29, 1.82) is 0 Å². The van der Waals surface area contributed by atoms with E-state index in [2.05, 4.69) is 4.72 Å². The van der Waals surface area contributed by atoms with E-state index in [4.69, 9.17) is 11.6 Å². The summed E-state index contributed by atoms with van der Waals surface area (Å²) in [6.45, 7) is 2.47. The molecule has 29 heavy (non-hydrogen) atoms. The van der Waals surface area contributed by atoms with Gasteiger partial charge in [-0.05, 0) is 42.8 Å². The lowest BCUT2D eigenvalue weighted by molar-refractivity contribution is 0.0785. The molecule has 0 saturated carbocycles. The fourth-order valence-corrected chi connectivity index (χ4v) is 4.18. The van der Waals surface area contributed by atoms with Crippen LogP contribution in [0.5, 0.6) is 0 Å². The van der Waals surface area contributed by atoms with Gasteiger partial charge in [0.1, 0.15) is 0 Å². The van der Waals surface area contributed by atoms with Crippen molar-refractivity contribution >= 4 is 33.2 Å². The average molecular weight is 429 g/mol. The highest BCUT2D eigenvalue weighted by Gasteiger charge is 2.18. The number of aryl methyl sites for hydroxylation is 1.